The number of pyridine rings is 1. The Morgan fingerprint density at radius 3 is 2.44 bits per heavy atom. The molecule has 2 N–H and O–H groups in total. The lowest BCUT2D eigenvalue weighted by Gasteiger charge is -2.30. The number of imidazole rings is 1. The normalized spacial score (nSPS) is 19.5. The third kappa shape index (κ3) is 4.64. The number of halogens is 6. The molecule has 1 fully saturated rings. The first-order chi connectivity index (χ1) is 15.1. The molecule has 32 heavy (non-hydrogen) atoms. The first-order valence-electron chi connectivity index (χ1n) is 9.77. The van der Waals surface area contributed by atoms with E-state index in [1.165, 1.54) is 10.5 Å². The van der Waals surface area contributed by atoms with Gasteiger partial charge >= 0.3 is 12.7 Å². The molecule has 1 aliphatic rings. The fourth-order valence-corrected chi connectivity index (χ4v) is 3.96. The van der Waals surface area contributed by atoms with Crippen molar-refractivity contribution >= 4 is 29.0 Å². The molecule has 0 radical (unpaired) electrons. The molecular weight excluding hydrogens is 459 g/mol. The van der Waals surface area contributed by atoms with Gasteiger partial charge in [-0.2, -0.15) is 27.1 Å². The first kappa shape index (κ1) is 22.3. The number of nitrogens with zero attached hydrogens (tertiary/aromatic N) is 4. The zero-order chi connectivity index (χ0) is 23.0. The molecule has 1 aliphatic carbocycles. The lowest BCUT2D eigenvalue weighted by molar-refractivity contribution is -0.140. The highest BCUT2D eigenvalue weighted by molar-refractivity contribution is 6.32. The molecule has 0 bridgehead atoms. The highest BCUT2D eigenvalue weighted by atomic mass is 35.5. The first-order valence-corrected chi connectivity index (χ1v) is 10.1. The van der Waals surface area contributed by atoms with E-state index in [1.807, 2.05) is 0 Å². The smallest absolute Gasteiger partial charge is 0.368 e. The summed E-state index contributed by atoms with van der Waals surface area (Å²) >= 11 is 5.78. The predicted molar refractivity (Wildman–Crippen MR) is 106 cm³/mol. The van der Waals surface area contributed by atoms with Gasteiger partial charge in [-0.1, -0.05) is 17.7 Å². The second-order valence-corrected chi connectivity index (χ2v) is 7.88. The number of carbonyl (C=O) groups excluding carboxylic acids is 1. The minimum absolute atomic E-state index is 0.0179. The average Bonchev–Trinajstić information content (AvgIpc) is 3.34. The summed E-state index contributed by atoms with van der Waals surface area (Å²) in [5.74, 6) is -0.0923. The number of fused-ring (bicyclic) bond motifs is 1. The van der Waals surface area contributed by atoms with Crippen LogP contribution >= 0.6 is 11.6 Å². The Labute approximate surface area is 183 Å². The quantitative estimate of drug-likeness (QED) is 0.521. The molecule has 3 heterocycles. The van der Waals surface area contributed by atoms with E-state index < -0.39 is 24.3 Å². The van der Waals surface area contributed by atoms with Gasteiger partial charge in [0.25, 0.3) is 5.91 Å². The van der Waals surface area contributed by atoms with Crippen LogP contribution in [0.4, 0.5) is 27.8 Å². The molecule has 13 heteroatoms. The van der Waals surface area contributed by atoms with Gasteiger partial charge in [-0.3, -0.25) is 9.20 Å². The molecule has 0 aromatic carbocycles. The number of rotatable bonds is 5. The maximum absolute atomic E-state index is 13.0. The third-order valence-corrected chi connectivity index (χ3v) is 5.61. The van der Waals surface area contributed by atoms with Gasteiger partial charge in [0.2, 0.25) is 0 Å². The Hall–Kier alpha value is -2.89. The van der Waals surface area contributed by atoms with Crippen molar-refractivity contribution in [3.05, 3.63) is 47.0 Å². The number of carbonyl (C=O) groups is 1. The molecule has 0 saturated heterocycles. The van der Waals surface area contributed by atoms with Crippen molar-refractivity contribution < 1.29 is 26.7 Å². The SMILES string of the molecule is O=C(NC1CCC(Nc2cccc3nc(C(F)(F)F)cn23)CC1)c1cn(C(F)F)nc1Cl. The number of alkyl halides is 5. The van der Waals surface area contributed by atoms with E-state index >= 15 is 0 Å². The molecule has 0 atom stereocenters. The molecule has 0 unspecified atom stereocenters. The van der Waals surface area contributed by atoms with Crippen molar-refractivity contribution in [2.75, 3.05) is 5.32 Å². The van der Waals surface area contributed by atoms with Crippen LogP contribution in [0.1, 0.15) is 48.3 Å². The topological polar surface area (TPSA) is 76.2 Å². The van der Waals surface area contributed by atoms with Crippen LogP contribution < -0.4 is 10.6 Å². The second-order valence-electron chi connectivity index (χ2n) is 7.52. The van der Waals surface area contributed by atoms with Crippen molar-refractivity contribution in [3.8, 4) is 0 Å². The van der Waals surface area contributed by atoms with Crippen LogP contribution in [0.25, 0.3) is 5.65 Å². The minimum atomic E-state index is -4.53. The molecule has 172 valence electrons. The Morgan fingerprint density at radius 1 is 1.12 bits per heavy atom. The van der Waals surface area contributed by atoms with Gasteiger partial charge in [-0.05, 0) is 37.8 Å². The highest BCUT2D eigenvalue weighted by Crippen LogP contribution is 2.30. The number of anilines is 1. The van der Waals surface area contributed by atoms with Crippen molar-refractivity contribution in [1.29, 1.82) is 0 Å². The molecule has 3 aromatic heterocycles. The van der Waals surface area contributed by atoms with Crippen molar-refractivity contribution in [1.82, 2.24) is 24.5 Å². The molecule has 4 rings (SSSR count). The third-order valence-electron chi connectivity index (χ3n) is 5.33. The van der Waals surface area contributed by atoms with Crippen molar-refractivity contribution in [3.63, 3.8) is 0 Å². The summed E-state index contributed by atoms with van der Waals surface area (Å²) in [4.78, 5) is 16.0. The van der Waals surface area contributed by atoms with Gasteiger partial charge in [0, 0.05) is 24.5 Å². The van der Waals surface area contributed by atoms with E-state index in [4.69, 9.17) is 11.6 Å². The zero-order valence-electron chi connectivity index (χ0n) is 16.4. The van der Waals surface area contributed by atoms with Crippen LogP contribution in [0.2, 0.25) is 5.15 Å². The van der Waals surface area contributed by atoms with Gasteiger partial charge in [0.1, 0.15) is 11.5 Å². The van der Waals surface area contributed by atoms with Crippen LogP contribution in [0.3, 0.4) is 0 Å². The van der Waals surface area contributed by atoms with Crippen LogP contribution in [0, 0.1) is 0 Å². The standard InChI is InChI=1S/C19H18ClF5N6O/c20-16-12(8-31(29-16)18(21)22)17(32)27-11-6-4-10(5-7-11)26-14-2-1-3-15-28-13(9-30(14)15)19(23,24)25/h1-3,8-11,18,26H,4-7H2,(H,27,32). The van der Waals surface area contributed by atoms with Gasteiger partial charge in [0.05, 0.1) is 5.56 Å². The fraction of sp³-hybridized carbons (Fsp3) is 0.421. The van der Waals surface area contributed by atoms with E-state index in [0.717, 1.165) is 12.4 Å². The largest absolute Gasteiger partial charge is 0.434 e. The fourth-order valence-electron chi connectivity index (χ4n) is 3.74. The lowest BCUT2D eigenvalue weighted by atomic mass is 9.91. The number of hydrogen-bond acceptors (Lipinski definition) is 4. The molecular formula is C19H18ClF5N6O. The Morgan fingerprint density at radius 2 is 1.81 bits per heavy atom. The Bertz CT molecular complexity index is 1120. The average molecular weight is 477 g/mol. The van der Waals surface area contributed by atoms with Crippen molar-refractivity contribution in [2.45, 2.75) is 50.5 Å². The summed E-state index contributed by atoms with van der Waals surface area (Å²) in [7, 11) is 0. The number of aromatic nitrogens is 4. The summed E-state index contributed by atoms with van der Waals surface area (Å²) in [5.41, 5.74) is -0.907. The summed E-state index contributed by atoms with van der Waals surface area (Å²) in [6.45, 7) is -2.90. The molecule has 7 nitrogen and oxygen atoms in total. The van der Waals surface area contributed by atoms with Gasteiger partial charge in [-0.25, -0.2) is 9.67 Å². The van der Waals surface area contributed by atoms with Gasteiger partial charge < -0.3 is 10.6 Å². The molecule has 1 saturated carbocycles. The van der Waals surface area contributed by atoms with Crippen molar-refractivity contribution in [2.24, 2.45) is 0 Å². The Kier molecular flexibility index (Phi) is 5.97. The van der Waals surface area contributed by atoms with Crippen LogP contribution in [0.15, 0.2) is 30.6 Å². The maximum Gasteiger partial charge on any atom is 0.434 e. The van der Waals surface area contributed by atoms with Gasteiger partial charge in [-0.15, -0.1) is 0 Å². The highest BCUT2D eigenvalue weighted by Gasteiger charge is 2.34. The summed E-state index contributed by atoms with van der Waals surface area (Å²) in [6.07, 6.45) is -0.203. The molecule has 3 aromatic rings. The summed E-state index contributed by atoms with van der Waals surface area (Å²) < 4.78 is 66.0. The van der Waals surface area contributed by atoms with Gasteiger partial charge in [0.15, 0.2) is 10.8 Å². The van der Waals surface area contributed by atoms with E-state index in [2.05, 4.69) is 20.7 Å². The second kappa shape index (κ2) is 8.57. The monoisotopic (exact) mass is 476 g/mol. The molecule has 0 aliphatic heterocycles. The number of amides is 1. The molecule has 1 amide bonds. The maximum atomic E-state index is 13.0. The number of hydrogen-bond donors (Lipinski definition) is 2. The van der Waals surface area contributed by atoms with Crippen LogP contribution in [-0.4, -0.2) is 37.2 Å². The van der Waals surface area contributed by atoms with E-state index in [9.17, 15) is 26.7 Å². The predicted octanol–water partition coefficient (Wildman–Crippen LogP) is 4.75. The number of nitrogens with one attached hydrogen (secondary N) is 2. The summed E-state index contributed by atoms with van der Waals surface area (Å²) in [6, 6.07) is 4.59. The molecule has 0 spiro atoms. The van der Waals surface area contributed by atoms with E-state index in [1.54, 1.807) is 12.1 Å². The summed E-state index contributed by atoms with van der Waals surface area (Å²) in [5, 5.41) is 9.12. The van der Waals surface area contributed by atoms with E-state index in [0.29, 0.717) is 36.2 Å². The zero-order valence-corrected chi connectivity index (χ0v) is 17.2. The van der Waals surface area contributed by atoms with E-state index in [-0.39, 0.29) is 28.4 Å². The van der Waals surface area contributed by atoms with Crippen LogP contribution in [0.5, 0.6) is 0 Å². The van der Waals surface area contributed by atoms with Crippen LogP contribution in [-0.2, 0) is 6.18 Å². The minimum Gasteiger partial charge on any atom is -0.368 e. The lowest BCUT2D eigenvalue weighted by Crippen LogP contribution is -2.40. The Balaban J connectivity index is 1.36.